The van der Waals surface area contributed by atoms with Crippen molar-refractivity contribution in [1.29, 1.82) is 0 Å². The molecule has 0 unspecified atom stereocenters. The molecule has 0 saturated heterocycles. The number of para-hydroxylation sites is 1. The average molecular weight is 317 g/mol. The maximum atomic E-state index is 14.0. The number of ether oxygens (including phenoxy) is 1. The highest BCUT2D eigenvalue weighted by molar-refractivity contribution is 5.95. The van der Waals surface area contributed by atoms with Crippen molar-refractivity contribution in [2.24, 2.45) is 0 Å². The van der Waals surface area contributed by atoms with E-state index in [0.717, 1.165) is 5.56 Å². The van der Waals surface area contributed by atoms with Gasteiger partial charge in [-0.25, -0.2) is 9.18 Å². The number of hydrogen-bond acceptors (Lipinski definition) is 3. The van der Waals surface area contributed by atoms with E-state index in [4.69, 9.17) is 4.74 Å². The predicted molar refractivity (Wildman–Crippen MR) is 88.2 cm³/mol. The molecule has 0 aliphatic rings. The van der Waals surface area contributed by atoms with Crippen LogP contribution in [0, 0.1) is 12.7 Å². The largest absolute Gasteiger partial charge is 0.488 e. The van der Waals surface area contributed by atoms with Gasteiger partial charge in [-0.3, -0.25) is 0 Å². The molecular weight excluding hydrogens is 297 g/mol. The van der Waals surface area contributed by atoms with Crippen molar-refractivity contribution in [2.45, 2.75) is 33.3 Å². The standard InChI is InChI=1S/C18H20FNO3/c1-11-10-12(23-18(2,3)4)8-9-15(11)20-16-13(17(21)22)6-5-7-14(16)19/h5-10,20H,1-4H3,(H,21,22). The van der Waals surface area contributed by atoms with Gasteiger partial charge in [0, 0.05) is 5.69 Å². The first-order chi connectivity index (χ1) is 10.7. The van der Waals surface area contributed by atoms with Gasteiger partial charge < -0.3 is 15.2 Å². The summed E-state index contributed by atoms with van der Waals surface area (Å²) in [6.07, 6.45) is 0. The zero-order valence-electron chi connectivity index (χ0n) is 13.6. The number of benzene rings is 2. The summed E-state index contributed by atoms with van der Waals surface area (Å²) in [7, 11) is 0. The summed E-state index contributed by atoms with van der Waals surface area (Å²) in [5.41, 5.74) is 0.973. The molecule has 0 aromatic heterocycles. The van der Waals surface area contributed by atoms with Gasteiger partial charge in [0.25, 0.3) is 0 Å². The van der Waals surface area contributed by atoms with Gasteiger partial charge in [-0.15, -0.1) is 0 Å². The Morgan fingerprint density at radius 1 is 1.22 bits per heavy atom. The van der Waals surface area contributed by atoms with Crippen LogP contribution in [0.15, 0.2) is 36.4 Å². The van der Waals surface area contributed by atoms with Crippen LogP contribution in [0.4, 0.5) is 15.8 Å². The van der Waals surface area contributed by atoms with E-state index in [2.05, 4.69) is 5.32 Å². The highest BCUT2D eigenvalue weighted by atomic mass is 19.1. The predicted octanol–water partition coefficient (Wildman–Crippen LogP) is 4.75. The van der Waals surface area contributed by atoms with E-state index in [1.165, 1.54) is 18.2 Å². The van der Waals surface area contributed by atoms with Crippen molar-refractivity contribution in [2.75, 3.05) is 5.32 Å². The van der Waals surface area contributed by atoms with E-state index in [1.807, 2.05) is 33.8 Å². The van der Waals surface area contributed by atoms with Gasteiger partial charge >= 0.3 is 5.97 Å². The number of hydrogen-bond donors (Lipinski definition) is 2. The van der Waals surface area contributed by atoms with E-state index in [9.17, 15) is 14.3 Å². The van der Waals surface area contributed by atoms with E-state index in [1.54, 1.807) is 12.1 Å². The Labute approximate surface area is 134 Å². The van der Waals surface area contributed by atoms with Gasteiger partial charge in [-0.05, 0) is 63.6 Å². The molecule has 0 atom stereocenters. The summed E-state index contributed by atoms with van der Waals surface area (Å²) in [5.74, 6) is -1.09. The lowest BCUT2D eigenvalue weighted by molar-refractivity contribution is 0.0697. The second-order valence-corrected chi connectivity index (χ2v) is 6.28. The Bertz CT molecular complexity index is 736. The van der Waals surface area contributed by atoms with Crippen LogP contribution in [0.5, 0.6) is 5.75 Å². The van der Waals surface area contributed by atoms with Gasteiger partial charge in [0.05, 0.1) is 11.3 Å². The Kier molecular flexibility index (Phi) is 4.59. The fourth-order valence-corrected chi connectivity index (χ4v) is 2.16. The normalized spacial score (nSPS) is 11.2. The highest BCUT2D eigenvalue weighted by Crippen LogP contribution is 2.29. The van der Waals surface area contributed by atoms with E-state index >= 15 is 0 Å². The van der Waals surface area contributed by atoms with Crippen molar-refractivity contribution in [3.8, 4) is 5.75 Å². The molecule has 2 rings (SSSR count). The fourth-order valence-electron chi connectivity index (χ4n) is 2.16. The molecule has 2 aromatic rings. The third kappa shape index (κ3) is 4.22. The van der Waals surface area contributed by atoms with E-state index in [-0.39, 0.29) is 16.9 Å². The van der Waals surface area contributed by atoms with Gasteiger partial charge in [0.15, 0.2) is 0 Å². The number of anilines is 2. The second-order valence-electron chi connectivity index (χ2n) is 6.28. The van der Waals surface area contributed by atoms with Crippen molar-refractivity contribution in [3.63, 3.8) is 0 Å². The second kappa shape index (κ2) is 6.28. The maximum absolute atomic E-state index is 14.0. The lowest BCUT2D eigenvalue weighted by atomic mass is 10.1. The molecule has 0 aliphatic heterocycles. The first kappa shape index (κ1) is 16.8. The minimum absolute atomic E-state index is 0.0485. The zero-order chi connectivity index (χ0) is 17.2. The minimum Gasteiger partial charge on any atom is -0.488 e. The van der Waals surface area contributed by atoms with Gasteiger partial charge in [-0.2, -0.15) is 0 Å². The molecule has 0 fully saturated rings. The molecule has 2 aromatic carbocycles. The summed E-state index contributed by atoms with van der Waals surface area (Å²) in [6, 6.07) is 9.30. The molecule has 122 valence electrons. The van der Waals surface area contributed by atoms with Crippen LogP contribution in [0.25, 0.3) is 0 Å². The monoisotopic (exact) mass is 317 g/mol. The smallest absolute Gasteiger partial charge is 0.337 e. The molecule has 5 heteroatoms. The van der Waals surface area contributed by atoms with Gasteiger partial charge in [-0.1, -0.05) is 6.07 Å². The van der Waals surface area contributed by atoms with Gasteiger partial charge in [0.1, 0.15) is 17.2 Å². The number of aromatic carboxylic acids is 1. The molecule has 0 saturated carbocycles. The zero-order valence-corrected chi connectivity index (χ0v) is 13.6. The van der Waals surface area contributed by atoms with Crippen LogP contribution in [0.2, 0.25) is 0 Å². The van der Waals surface area contributed by atoms with Crippen LogP contribution in [-0.2, 0) is 0 Å². The van der Waals surface area contributed by atoms with E-state index < -0.39 is 11.8 Å². The average Bonchev–Trinajstić information content (AvgIpc) is 2.41. The minimum atomic E-state index is -1.18. The number of carbonyl (C=O) groups is 1. The van der Waals surface area contributed by atoms with Crippen LogP contribution < -0.4 is 10.1 Å². The molecule has 0 radical (unpaired) electrons. The quantitative estimate of drug-likeness (QED) is 0.854. The third-order valence-corrected chi connectivity index (χ3v) is 3.13. The number of carboxylic acids is 1. The van der Waals surface area contributed by atoms with E-state index in [0.29, 0.717) is 11.4 Å². The summed E-state index contributed by atoms with van der Waals surface area (Å²) in [5, 5.41) is 12.1. The first-order valence-electron chi connectivity index (χ1n) is 7.26. The molecule has 4 nitrogen and oxygen atoms in total. The Morgan fingerprint density at radius 3 is 2.48 bits per heavy atom. The number of nitrogens with one attached hydrogen (secondary N) is 1. The Balaban J connectivity index is 2.33. The fraction of sp³-hybridized carbons (Fsp3) is 0.278. The maximum Gasteiger partial charge on any atom is 0.337 e. The molecule has 0 amide bonds. The number of aryl methyl sites for hydroxylation is 1. The van der Waals surface area contributed by atoms with Crippen LogP contribution >= 0.6 is 0 Å². The number of halogens is 1. The Hall–Kier alpha value is -2.56. The summed E-state index contributed by atoms with van der Waals surface area (Å²) >= 11 is 0. The van der Waals surface area contributed by atoms with Crippen molar-refractivity contribution in [3.05, 3.63) is 53.3 Å². The number of carboxylic acid groups (broad SMARTS) is 1. The van der Waals surface area contributed by atoms with Crippen molar-refractivity contribution >= 4 is 17.3 Å². The number of rotatable bonds is 4. The molecule has 0 heterocycles. The van der Waals surface area contributed by atoms with Gasteiger partial charge in [0.2, 0.25) is 0 Å². The summed E-state index contributed by atoms with van der Waals surface area (Å²) < 4.78 is 19.8. The third-order valence-electron chi connectivity index (χ3n) is 3.13. The molecule has 0 bridgehead atoms. The molecule has 2 N–H and O–H groups in total. The van der Waals surface area contributed by atoms with Crippen LogP contribution in [0.3, 0.4) is 0 Å². The molecule has 0 aliphatic carbocycles. The molecule has 23 heavy (non-hydrogen) atoms. The topological polar surface area (TPSA) is 58.6 Å². The van der Waals surface area contributed by atoms with Crippen molar-refractivity contribution < 1.29 is 19.0 Å². The SMILES string of the molecule is Cc1cc(OC(C)(C)C)ccc1Nc1c(F)cccc1C(=O)O. The van der Waals surface area contributed by atoms with Crippen LogP contribution in [0.1, 0.15) is 36.7 Å². The van der Waals surface area contributed by atoms with Crippen LogP contribution in [-0.4, -0.2) is 16.7 Å². The highest BCUT2D eigenvalue weighted by Gasteiger charge is 2.16. The molecule has 0 spiro atoms. The first-order valence-corrected chi connectivity index (χ1v) is 7.26. The molecular formula is C18H20FNO3. The van der Waals surface area contributed by atoms with Crippen molar-refractivity contribution in [1.82, 2.24) is 0 Å². The lowest BCUT2D eigenvalue weighted by Gasteiger charge is -2.22. The lowest BCUT2D eigenvalue weighted by Crippen LogP contribution is -2.22. The summed E-state index contributed by atoms with van der Waals surface area (Å²) in [4.78, 5) is 11.2. The summed E-state index contributed by atoms with van der Waals surface area (Å²) in [6.45, 7) is 7.70. The Morgan fingerprint density at radius 2 is 1.91 bits per heavy atom.